The van der Waals surface area contributed by atoms with Gasteiger partial charge >= 0.3 is 12.0 Å². The van der Waals surface area contributed by atoms with Gasteiger partial charge in [0.2, 0.25) is 0 Å². The Balaban J connectivity index is 1.96. The van der Waals surface area contributed by atoms with Gasteiger partial charge in [0.15, 0.2) is 11.8 Å². The number of urea groups is 1. The number of amides is 3. The fourth-order valence-electron chi connectivity index (χ4n) is 2.86. The van der Waals surface area contributed by atoms with Crippen molar-refractivity contribution in [3.8, 4) is 10.4 Å². The largest absolute Gasteiger partial charge is 0.481 e. The third-order valence-corrected chi connectivity index (χ3v) is 5.48. The molecule has 0 saturated heterocycles. The number of carbonyl (C=O) groups is 4. The number of rotatable bonds is 6. The Morgan fingerprint density at radius 3 is 2.73 bits per heavy atom. The molecule has 2 N–H and O–H groups in total. The van der Waals surface area contributed by atoms with Crippen LogP contribution >= 0.6 is 11.3 Å². The Morgan fingerprint density at radius 1 is 1.27 bits per heavy atom. The van der Waals surface area contributed by atoms with Crippen molar-refractivity contribution in [2.45, 2.75) is 12.5 Å². The first-order valence-corrected chi connectivity index (χ1v) is 9.73. The summed E-state index contributed by atoms with van der Waals surface area (Å²) in [4.78, 5) is 51.6. The topological polar surface area (TPSA) is 107 Å². The summed E-state index contributed by atoms with van der Waals surface area (Å²) in [5.74, 6) is -2.70. The third-order valence-electron chi connectivity index (χ3n) is 4.34. The molecule has 0 unspecified atom stereocenters. The smallest absolute Gasteiger partial charge is 0.323 e. The first-order chi connectivity index (χ1) is 14.3. The summed E-state index contributed by atoms with van der Waals surface area (Å²) in [7, 11) is 1.46. The number of nitrogens with one attached hydrogen (secondary N) is 1. The van der Waals surface area contributed by atoms with E-state index in [-0.39, 0.29) is 18.0 Å². The summed E-state index contributed by atoms with van der Waals surface area (Å²) < 4.78 is 13.6. The number of anilines is 1. The molecule has 0 spiro atoms. The van der Waals surface area contributed by atoms with E-state index in [4.69, 9.17) is 5.11 Å². The van der Waals surface area contributed by atoms with Crippen molar-refractivity contribution >= 4 is 40.0 Å². The van der Waals surface area contributed by atoms with Crippen LogP contribution < -0.4 is 10.2 Å². The second-order valence-electron chi connectivity index (χ2n) is 6.46. The zero-order valence-electron chi connectivity index (χ0n) is 15.9. The summed E-state index contributed by atoms with van der Waals surface area (Å²) in [6.07, 6.45) is 2.20. The minimum absolute atomic E-state index is 0.173. The molecule has 0 radical (unpaired) electrons. The predicted molar refractivity (Wildman–Crippen MR) is 109 cm³/mol. The van der Waals surface area contributed by atoms with Crippen molar-refractivity contribution in [1.29, 1.82) is 0 Å². The van der Waals surface area contributed by atoms with Crippen LogP contribution in [0.15, 0.2) is 48.7 Å². The van der Waals surface area contributed by atoms with Crippen molar-refractivity contribution in [1.82, 2.24) is 10.2 Å². The molecule has 0 fully saturated rings. The Labute approximate surface area is 175 Å². The molecule has 8 nitrogen and oxygen atoms in total. The first-order valence-electron chi connectivity index (χ1n) is 8.91. The highest BCUT2D eigenvalue weighted by Crippen LogP contribution is 2.35. The molecule has 1 aliphatic heterocycles. The molecule has 0 saturated carbocycles. The number of carbonyl (C=O) groups excluding carboxylic acids is 3. The van der Waals surface area contributed by atoms with E-state index in [1.807, 2.05) is 0 Å². The number of halogens is 1. The van der Waals surface area contributed by atoms with E-state index < -0.39 is 35.5 Å². The standard InChI is InChI=1S/C20H18FN3O5S/c1-23-10-8-14(25)18(19(23)28)24(20(29)22-9-7-17(26)27)16-6-5-15(30-16)12-3-2-4-13(21)11-12/h2-6,8,10-11,18H,7,9H2,1H3,(H,22,29)(H,26,27)/t18-/m0/s1. The van der Waals surface area contributed by atoms with Gasteiger partial charge in [0.25, 0.3) is 5.91 Å². The molecule has 30 heavy (non-hydrogen) atoms. The van der Waals surface area contributed by atoms with Gasteiger partial charge in [0, 0.05) is 30.7 Å². The van der Waals surface area contributed by atoms with Crippen molar-refractivity contribution in [3.05, 3.63) is 54.5 Å². The number of nitrogens with zero attached hydrogens (tertiary/aromatic N) is 2. The second kappa shape index (κ2) is 8.87. The molecular weight excluding hydrogens is 413 g/mol. The van der Waals surface area contributed by atoms with Crippen molar-refractivity contribution in [3.63, 3.8) is 0 Å². The number of carboxylic acids is 1. The van der Waals surface area contributed by atoms with Crippen LogP contribution in [-0.2, 0) is 14.4 Å². The van der Waals surface area contributed by atoms with Crippen molar-refractivity contribution in [2.24, 2.45) is 0 Å². The maximum atomic E-state index is 13.6. The van der Waals surface area contributed by atoms with Gasteiger partial charge in [-0.25, -0.2) is 9.18 Å². The second-order valence-corrected chi connectivity index (χ2v) is 7.53. The fourth-order valence-corrected chi connectivity index (χ4v) is 3.89. The van der Waals surface area contributed by atoms with Crippen LogP contribution in [0.2, 0.25) is 0 Å². The molecule has 10 heteroatoms. The quantitative estimate of drug-likeness (QED) is 0.684. The van der Waals surface area contributed by atoms with Gasteiger partial charge in [-0.1, -0.05) is 12.1 Å². The van der Waals surface area contributed by atoms with Gasteiger partial charge in [-0.2, -0.15) is 0 Å². The number of hydrogen-bond acceptors (Lipinski definition) is 5. The van der Waals surface area contributed by atoms with Gasteiger partial charge in [0.05, 0.1) is 6.42 Å². The monoisotopic (exact) mass is 431 g/mol. The van der Waals surface area contributed by atoms with Gasteiger partial charge in [-0.3, -0.25) is 19.3 Å². The third kappa shape index (κ3) is 4.54. The van der Waals surface area contributed by atoms with Crippen molar-refractivity contribution < 1.29 is 28.7 Å². The van der Waals surface area contributed by atoms with Crippen LogP contribution in [0, 0.1) is 5.82 Å². The minimum Gasteiger partial charge on any atom is -0.481 e. The normalized spacial score (nSPS) is 15.9. The summed E-state index contributed by atoms with van der Waals surface area (Å²) >= 11 is 1.10. The van der Waals surface area contributed by atoms with Gasteiger partial charge in [-0.05, 0) is 29.8 Å². The van der Waals surface area contributed by atoms with Crippen LogP contribution in [0.4, 0.5) is 14.2 Å². The zero-order chi connectivity index (χ0) is 21.8. The molecule has 1 aliphatic rings. The van der Waals surface area contributed by atoms with Crippen LogP contribution in [0.25, 0.3) is 10.4 Å². The first kappa shape index (κ1) is 21.2. The van der Waals surface area contributed by atoms with Gasteiger partial charge in [0.1, 0.15) is 10.8 Å². The van der Waals surface area contributed by atoms with Gasteiger partial charge in [-0.15, -0.1) is 11.3 Å². The molecular formula is C20H18FN3O5S. The fraction of sp³-hybridized carbons (Fsp3) is 0.200. The van der Waals surface area contributed by atoms with Crippen molar-refractivity contribution in [2.75, 3.05) is 18.5 Å². The molecule has 1 atom stereocenters. The van der Waals surface area contributed by atoms with E-state index in [0.29, 0.717) is 10.4 Å². The summed E-state index contributed by atoms with van der Waals surface area (Å²) in [6, 6.07) is 6.90. The number of carboxylic acid groups (broad SMARTS) is 1. The van der Waals surface area contributed by atoms with E-state index in [9.17, 15) is 23.6 Å². The molecule has 0 bridgehead atoms. The maximum Gasteiger partial charge on any atom is 0.323 e. The lowest BCUT2D eigenvalue weighted by molar-refractivity contribution is -0.137. The molecule has 2 aromatic rings. The van der Waals surface area contributed by atoms with Crippen LogP contribution in [0.1, 0.15) is 6.42 Å². The zero-order valence-corrected chi connectivity index (χ0v) is 16.7. The highest BCUT2D eigenvalue weighted by Gasteiger charge is 2.40. The molecule has 3 amide bonds. The Kier molecular flexibility index (Phi) is 6.26. The summed E-state index contributed by atoms with van der Waals surface area (Å²) in [6.45, 7) is -0.173. The molecule has 1 aromatic carbocycles. The maximum absolute atomic E-state index is 13.6. The molecule has 1 aromatic heterocycles. The van der Waals surface area contributed by atoms with E-state index in [2.05, 4.69) is 5.32 Å². The van der Waals surface area contributed by atoms with Crippen LogP contribution in [0.3, 0.4) is 0 Å². The van der Waals surface area contributed by atoms with E-state index in [1.165, 1.54) is 36.4 Å². The SMILES string of the molecule is CN1C=CC(=O)[C@H](N(C(=O)NCCC(=O)O)c2ccc(-c3cccc(F)c3)s2)C1=O. The Hall–Kier alpha value is -3.53. The number of ketones is 1. The lowest BCUT2D eigenvalue weighted by Crippen LogP contribution is -2.57. The minimum atomic E-state index is -1.43. The number of thiophene rings is 1. The highest BCUT2D eigenvalue weighted by atomic mass is 32.1. The average Bonchev–Trinajstić information content (AvgIpc) is 3.17. The van der Waals surface area contributed by atoms with Crippen LogP contribution in [-0.4, -0.2) is 53.3 Å². The average molecular weight is 431 g/mol. The number of likely N-dealkylation sites (N-methyl/N-ethyl adjacent to an activating group) is 1. The highest BCUT2D eigenvalue weighted by molar-refractivity contribution is 7.19. The van der Waals surface area contributed by atoms with E-state index in [0.717, 1.165) is 16.2 Å². The summed E-state index contributed by atoms with van der Waals surface area (Å²) in [5, 5.41) is 11.5. The number of aliphatic carboxylic acids is 1. The predicted octanol–water partition coefficient (Wildman–Crippen LogP) is 2.47. The molecule has 2 heterocycles. The molecule has 3 rings (SSSR count). The van der Waals surface area contributed by atoms with Crippen LogP contribution in [0.5, 0.6) is 0 Å². The lowest BCUT2D eigenvalue weighted by Gasteiger charge is -2.32. The van der Waals surface area contributed by atoms with E-state index in [1.54, 1.807) is 24.3 Å². The number of hydrogen-bond donors (Lipinski definition) is 2. The van der Waals surface area contributed by atoms with Gasteiger partial charge < -0.3 is 15.3 Å². The lowest BCUT2D eigenvalue weighted by atomic mass is 10.1. The summed E-state index contributed by atoms with van der Waals surface area (Å²) in [5.41, 5.74) is 0.579. The molecule has 0 aliphatic carbocycles. The van der Waals surface area contributed by atoms with E-state index >= 15 is 0 Å². The Morgan fingerprint density at radius 2 is 2.03 bits per heavy atom. The molecule has 156 valence electrons. The Bertz CT molecular complexity index is 1030. The number of benzene rings is 1.